The lowest BCUT2D eigenvalue weighted by atomic mass is 9.94. The standard InChI is InChI=1S/C26H32O2/c1-4-6-13-23-24(14-7-5-2)26(21-11-9-8-10-12-21)28-25(23)19-20-15-17-22(27-3)18-16-20/h8-12,15-18H,4-7,13-14,19H2,1-3H3. The van der Waals surface area contributed by atoms with Crippen molar-refractivity contribution in [2.75, 3.05) is 7.11 Å². The summed E-state index contributed by atoms with van der Waals surface area (Å²) in [6.45, 7) is 4.51. The Kier molecular flexibility index (Phi) is 7.36. The maximum absolute atomic E-state index is 6.56. The number of hydrogen-bond donors (Lipinski definition) is 0. The maximum Gasteiger partial charge on any atom is 0.137 e. The summed E-state index contributed by atoms with van der Waals surface area (Å²) >= 11 is 0. The normalized spacial score (nSPS) is 11.0. The molecular formula is C26H32O2. The van der Waals surface area contributed by atoms with Crippen molar-refractivity contribution in [2.45, 2.75) is 58.8 Å². The third-order valence-corrected chi connectivity index (χ3v) is 5.32. The number of methoxy groups -OCH3 is 1. The third-order valence-electron chi connectivity index (χ3n) is 5.32. The molecule has 0 aliphatic carbocycles. The van der Waals surface area contributed by atoms with Crippen LogP contribution in [0, 0.1) is 0 Å². The third kappa shape index (κ3) is 4.86. The van der Waals surface area contributed by atoms with Crippen LogP contribution in [0.2, 0.25) is 0 Å². The van der Waals surface area contributed by atoms with Gasteiger partial charge >= 0.3 is 0 Å². The number of rotatable bonds is 10. The van der Waals surface area contributed by atoms with E-state index < -0.39 is 0 Å². The van der Waals surface area contributed by atoms with Gasteiger partial charge in [0.15, 0.2) is 0 Å². The van der Waals surface area contributed by atoms with Crippen LogP contribution >= 0.6 is 0 Å². The molecule has 0 N–H and O–H groups in total. The number of unbranched alkanes of at least 4 members (excludes halogenated alkanes) is 2. The molecule has 0 saturated heterocycles. The minimum Gasteiger partial charge on any atom is -0.497 e. The van der Waals surface area contributed by atoms with Crippen molar-refractivity contribution in [1.29, 1.82) is 0 Å². The molecule has 28 heavy (non-hydrogen) atoms. The van der Waals surface area contributed by atoms with Gasteiger partial charge in [0.1, 0.15) is 17.3 Å². The summed E-state index contributed by atoms with van der Waals surface area (Å²) in [5.74, 6) is 3.09. The van der Waals surface area contributed by atoms with E-state index in [1.807, 2.05) is 12.1 Å². The van der Waals surface area contributed by atoms with Crippen LogP contribution in [0.1, 0.15) is 62.0 Å². The second-order valence-corrected chi connectivity index (χ2v) is 7.41. The van der Waals surface area contributed by atoms with Crippen molar-refractivity contribution in [2.24, 2.45) is 0 Å². The molecule has 148 valence electrons. The lowest BCUT2D eigenvalue weighted by molar-refractivity contribution is 0.414. The molecular weight excluding hydrogens is 344 g/mol. The molecule has 0 aliphatic rings. The molecule has 0 fully saturated rings. The molecule has 1 aromatic heterocycles. The maximum atomic E-state index is 6.56. The average molecular weight is 377 g/mol. The molecule has 3 rings (SSSR count). The van der Waals surface area contributed by atoms with Gasteiger partial charge in [-0.1, -0.05) is 69.2 Å². The van der Waals surface area contributed by atoms with Crippen molar-refractivity contribution in [3.8, 4) is 17.1 Å². The van der Waals surface area contributed by atoms with E-state index in [1.165, 1.54) is 47.9 Å². The fourth-order valence-corrected chi connectivity index (χ4v) is 3.71. The summed E-state index contributed by atoms with van der Waals surface area (Å²) in [6, 6.07) is 18.9. The van der Waals surface area contributed by atoms with Gasteiger partial charge in [0, 0.05) is 17.5 Å². The van der Waals surface area contributed by atoms with Gasteiger partial charge in [0.25, 0.3) is 0 Å². The van der Waals surface area contributed by atoms with Crippen molar-refractivity contribution >= 4 is 0 Å². The van der Waals surface area contributed by atoms with E-state index in [-0.39, 0.29) is 0 Å². The molecule has 0 atom stereocenters. The van der Waals surface area contributed by atoms with Crippen LogP contribution in [0.25, 0.3) is 11.3 Å². The molecule has 0 aliphatic heterocycles. The van der Waals surface area contributed by atoms with Gasteiger partial charge in [0.05, 0.1) is 7.11 Å². The smallest absolute Gasteiger partial charge is 0.137 e. The van der Waals surface area contributed by atoms with E-state index in [0.717, 1.165) is 36.5 Å². The van der Waals surface area contributed by atoms with Gasteiger partial charge < -0.3 is 9.15 Å². The highest BCUT2D eigenvalue weighted by Gasteiger charge is 2.20. The summed E-state index contributed by atoms with van der Waals surface area (Å²) in [5, 5.41) is 0. The first-order chi connectivity index (χ1) is 13.8. The molecule has 0 saturated carbocycles. The van der Waals surface area contributed by atoms with Crippen molar-refractivity contribution in [3.05, 3.63) is 77.0 Å². The van der Waals surface area contributed by atoms with Crippen LogP contribution in [0.15, 0.2) is 59.0 Å². The first-order valence-corrected chi connectivity index (χ1v) is 10.6. The summed E-state index contributed by atoms with van der Waals surface area (Å²) in [5.41, 5.74) is 5.30. The van der Waals surface area contributed by atoms with E-state index in [0.29, 0.717) is 0 Å². The summed E-state index contributed by atoms with van der Waals surface area (Å²) in [6.07, 6.45) is 7.79. The second kappa shape index (κ2) is 10.2. The lowest BCUT2D eigenvalue weighted by Crippen LogP contribution is -1.97. The highest BCUT2D eigenvalue weighted by Crippen LogP contribution is 2.35. The molecule has 1 heterocycles. The SMILES string of the molecule is CCCCc1c(Cc2ccc(OC)cc2)oc(-c2ccccc2)c1CCCC. The molecule has 0 bridgehead atoms. The Bertz CT molecular complexity index is 844. The van der Waals surface area contributed by atoms with Crippen LogP contribution in [0.3, 0.4) is 0 Å². The van der Waals surface area contributed by atoms with E-state index in [1.54, 1.807) is 7.11 Å². The van der Waals surface area contributed by atoms with Gasteiger partial charge in [-0.05, 0) is 48.9 Å². The Balaban J connectivity index is 2.01. The van der Waals surface area contributed by atoms with Crippen molar-refractivity contribution in [1.82, 2.24) is 0 Å². The molecule has 0 unspecified atom stereocenters. The van der Waals surface area contributed by atoms with Crippen LogP contribution in [0.5, 0.6) is 5.75 Å². The Morgan fingerprint density at radius 1 is 0.786 bits per heavy atom. The fraction of sp³-hybridized carbons (Fsp3) is 0.385. The van der Waals surface area contributed by atoms with Crippen LogP contribution in [0.4, 0.5) is 0 Å². The number of ether oxygens (including phenoxy) is 1. The molecule has 2 heteroatoms. The van der Waals surface area contributed by atoms with Gasteiger partial charge in [-0.15, -0.1) is 0 Å². The summed E-state index contributed by atoms with van der Waals surface area (Å²) < 4.78 is 11.9. The van der Waals surface area contributed by atoms with Crippen molar-refractivity contribution < 1.29 is 9.15 Å². The zero-order chi connectivity index (χ0) is 19.8. The van der Waals surface area contributed by atoms with Crippen LogP contribution in [-0.4, -0.2) is 7.11 Å². The quantitative estimate of drug-likeness (QED) is 0.372. The number of furan rings is 1. The predicted molar refractivity (Wildman–Crippen MR) is 117 cm³/mol. The second-order valence-electron chi connectivity index (χ2n) is 7.41. The summed E-state index contributed by atoms with van der Waals surface area (Å²) in [4.78, 5) is 0. The van der Waals surface area contributed by atoms with E-state index in [9.17, 15) is 0 Å². The van der Waals surface area contributed by atoms with E-state index in [4.69, 9.17) is 9.15 Å². The van der Waals surface area contributed by atoms with E-state index in [2.05, 4.69) is 56.3 Å². The number of hydrogen-bond acceptors (Lipinski definition) is 2. The largest absolute Gasteiger partial charge is 0.497 e. The lowest BCUT2D eigenvalue weighted by Gasteiger charge is -2.07. The fourth-order valence-electron chi connectivity index (χ4n) is 3.71. The van der Waals surface area contributed by atoms with Gasteiger partial charge in [0.2, 0.25) is 0 Å². The summed E-state index contributed by atoms with van der Waals surface area (Å²) in [7, 11) is 1.70. The highest BCUT2D eigenvalue weighted by atomic mass is 16.5. The Morgan fingerprint density at radius 3 is 2.04 bits per heavy atom. The zero-order valence-corrected chi connectivity index (χ0v) is 17.5. The highest BCUT2D eigenvalue weighted by molar-refractivity contribution is 5.64. The zero-order valence-electron chi connectivity index (χ0n) is 17.5. The minimum atomic E-state index is 0.828. The minimum absolute atomic E-state index is 0.828. The molecule has 2 nitrogen and oxygen atoms in total. The Labute approximate surface area is 169 Å². The molecule has 0 spiro atoms. The van der Waals surface area contributed by atoms with Gasteiger partial charge in [-0.2, -0.15) is 0 Å². The number of benzene rings is 2. The van der Waals surface area contributed by atoms with Crippen molar-refractivity contribution in [3.63, 3.8) is 0 Å². The molecule has 3 aromatic rings. The molecule has 0 radical (unpaired) electrons. The Morgan fingerprint density at radius 2 is 1.43 bits per heavy atom. The monoisotopic (exact) mass is 376 g/mol. The van der Waals surface area contributed by atoms with E-state index >= 15 is 0 Å². The van der Waals surface area contributed by atoms with Crippen LogP contribution in [-0.2, 0) is 19.3 Å². The molecule has 2 aromatic carbocycles. The Hall–Kier alpha value is -2.48. The predicted octanol–water partition coefficient (Wildman–Crippen LogP) is 7.23. The average Bonchev–Trinajstić information content (AvgIpc) is 3.08. The topological polar surface area (TPSA) is 22.4 Å². The molecule has 0 amide bonds. The first kappa shape index (κ1) is 20.3. The van der Waals surface area contributed by atoms with Crippen LogP contribution < -0.4 is 4.74 Å². The first-order valence-electron chi connectivity index (χ1n) is 10.6. The van der Waals surface area contributed by atoms with Gasteiger partial charge in [-0.25, -0.2) is 0 Å². The van der Waals surface area contributed by atoms with Gasteiger partial charge in [-0.3, -0.25) is 0 Å².